The van der Waals surface area contributed by atoms with E-state index in [-0.39, 0.29) is 11.7 Å². The Kier molecular flexibility index (Phi) is 5.91. The summed E-state index contributed by atoms with van der Waals surface area (Å²) in [6.07, 6.45) is 0.984. The molecule has 2 saturated heterocycles. The van der Waals surface area contributed by atoms with Crippen LogP contribution in [0.2, 0.25) is 0 Å². The van der Waals surface area contributed by atoms with Gasteiger partial charge in [0.2, 0.25) is 0 Å². The Morgan fingerprint density at radius 3 is 2.72 bits per heavy atom. The molecule has 0 bridgehead atoms. The fourth-order valence-electron chi connectivity index (χ4n) is 3.57. The largest absolute Gasteiger partial charge is 0.381 e. The van der Waals surface area contributed by atoms with Crippen LogP contribution in [0, 0.1) is 11.7 Å². The highest BCUT2D eigenvalue weighted by Gasteiger charge is 2.26. The average Bonchev–Trinajstić information content (AvgIpc) is 3.13. The Morgan fingerprint density at radius 1 is 1.32 bits per heavy atom. The molecule has 0 unspecified atom stereocenters. The highest BCUT2D eigenvalue weighted by atomic mass is 19.1. The molecule has 0 aromatic heterocycles. The molecule has 1 aromatic carbocycles. The van der Waals surface area contributed by atoms with Crippen molar-refractivity contribution in [3.63, 3.8) is 0 Å². The van der Waals surface area contributed by atoms with Crippen LogP contribution in [0.1, 0.15) is 23.7 Å². The van der Waals surface area contributed by atoms with E-state index in [1.54, 1.807) is 6.07 Å². The van der Waals surface area contributed by atoms with Crippen LogP contribution in [-0.2, 0) is 4.74 Å². The van der Waals surface area contributed by atoms with E-state index in [1.165, 1.54) is 12.1 Å². The zero-order valence-electron chi connectivity index (χ0n) is 15.2. The van der Waals surface area contributed by atoms with Crippen molar-refractivity contribution in [2.75, 3.05) is 64.4 Å². The molecule has 5 nitrogen and oxygen atoms in total. The zero-order valence-corrected chi connectivity index (χ0v) is 15.2. The summed E-state index contributed by atoms with van der Waals surface area (Å²) >= 11 is 0. The van der Waals surface area contributed by atoms with Gasteiger partial charge < -0.3 is 19.4 Å². The van der Waals surface area contributed by atoms with Crippen molar-refractivity contribution in [2.24, 2.45) is 5.92 Å². The standard InChI is InChI=1S/C19H28FN3O2/c1-3-22(13-15-6-11-25-14-15)19(24)17-12-16(20)4-5-18(17)23-9-7-21(2)8-10-23/h4-5,12,15H,3,6-11,13-14H2,1-2H3/t15-/m1/s1. The number of hydrogen-bond acceptors (Lipinski definition) is 4. The van der Waals surface area contributed by atoms with Crippen LogP contribution in [-0.4, -0.2) is 75.2 Å². The summed E-state index contributed by atoms with van der Waals surface area (Å²) in [5.74, 6) is -0.0612. The quantitative estimate of drug-likeness (QED) is 0.815. The van der Waals surface area contributed by atoms with E-state index in [2.05, 4.69) is 16.8 Å². The third kappa shape index (κ3) is 4.30. The van der Waals surface area contributed by atoms with Gasteiger partial charge in [0.1, 0.15) is 5.82 Å². The van der Waals surface area contributed by atoms with Crippen LogP contribution in [0.25, 0.3) is 0 Å². The summed E-state index contributed by atoms with van der Waals surface area (Å²) in [5.41, 5.74) is 1.32. The van der Waals surface area contributed by atoms with Crippen molar-refractivity contribution in [2.45, 2.75) is 13.3 Å². The number of ether oxygens (including phenoxy) is 1. The van der Waals surface area contributed by atoms with Gasteiger partial charge in [-0.15, -0.1) is 0 Å². The summed E-state index contributed by atoms with van der Waals surface area (Å²) < 4.78 is 19.3. The van der Waals surface area contributed by atoms with E-state index in [0.717, 1.165) is 44.9 Å². The van der Waals surface area contributed by atoms with Crippen molar-refractivity contribution < 1.29 is 13.9 Å². The summed E-state index contributed by atoms with van der Waals surface area (Å²) in [4.78, 5) is 19.4. The number of amides is 1. The average molecular weight is 349 g/mol. The first kappa shape index (κ1) is 18.1. The normalized spacial score (nSPS) is 21.6. The van der Waals surface area contributed by atoms with Crippen LogP contribution < -0.4 is 4.90 Å². The molecule has 2 aliphatic heterocycles. The molecule has 0 saturated carbocycles. The summed E-state index contributed by atoms with van der Waals surface area (Å²) in [5, 5.41) is 0. The molecule has 2 heterocycles. The molecule has 2 aliphatic rings. The van der Waals surface area contributed by atoms with Crippen LogP contribution in [0.15, 0.2) is 18.2 Å². The van der Waals surface area contributed by atoms with Gasteiger partial charge in [-0.1, -0.05) is 0 Å². The summed E-state index contributed by atoms with van der Waals surface area (Å²) in [7, 11) is 2.09. The lowest BCUT2D eigenvalue weighted by molar-refractivity contribution is 0.0730. The molecule has 0 radical (unpaired) electrons. The van der Waals surface area contributed by atoms with E-state index in [9.17, 15) is 9.18 Å². The first-order chi connectivity index (χ1) is 12.1. The van der Waals surface area contributed by atoms with Crippen molar-refractivity contribution in [1.29, 1.82) is 0 Å². The maximum atomic E-state index is 13.9. The van der Waals surface area contributed by atoms with E-state index >= 15 is 0 Å². The minimum Gasteiger partial charge on any atom is -0.381 e. The summed E-state index contributed by atoms with van der Waals surface area (Å²) in [6.45, 7) is 8.34. The van der Waals surface area contributed by atoms with E-state index in [4.69, 9.17) is 4.74 Å². The predicted molar refractivity (Wildman–Crippen MR) is 96.6 cm³/mol. The second-order valence-electron chi connectivity index (χ2n) is 7.03. The number of rotatable bonds is 5. The topological polar surface area (TPSA) is 36.0 Å². The van der Waals surface area contributed by atoms with Crippen LogP contribution in [0.3, 0.4) is 0 Å². The number of hydrogen-bond donors (Lipinski definition) is 0. The lowest BCUT2D eigenvalue weighted by atomic mass is 10.1. The van der Waals surface area contributed by atoms with Gasteiger partial charge in [-0.25, -0.2) is 4.39 Å². The molecular weight excluding hydrogens is 321 g/mol. The van der Waals surface area contributed by atoms with Crippen LogP contribution in [0.5, 0.6) is 0 Å². The number of carbonyl (C=O) groups excluding carboxylic acids is 1. The molecule has 0 N–H and O–H groups in total. The lowest BCUT2D eigenvalue weighted by Crippen LogP contribution is -2.45. The van der Waals surface area contributed by atoms with Gasteiger partial charge in [0.25, 0.3) is 5.91 Å². The zero-order chi connectivity index (χ0) is 17.8. The fraction of sp³-hybridized carbons (Fsp3) is 0.632. The van der Waals surface area contributed by atoms with Crippen molar-refractivity contribution >= 4 is 11.6 Å². The fourth-order valence-corrected chi connectivity index (χ4v) is 3.57. The Hall–Kier alpha value is -1.66. The molecule has 138 valence electrons. The highest BCUT2D eigenvalue weighted by Crippen LogP contribution is 2.25. The Balaban J connectivity index is 1.81. The van der Waals surface area contributed by atoms with E-state index < -0.39 is 0 Å². The van der Waals surface area contributed by atoms with E-state index in [1.807, 2.05) is 11.8 Å². The molecule has 25 heavy (non-hydrogen) atoms. The van der Waals surface area contributed by atoms with Gasteiger partial charge >= 0.3 is 0 Å². The van der Waals surface area contributed by atoms with Gasteiger partial charge in [0.15, 0.2) is 0 Å². The van der Waals surface area contributed by atoms with Gasteiger partial charge in [-0.2, -0.15) is 0 Å². The second kappa shape index (κ2) is 8.15. The number of carbonyl (C=O) groups is 1. The highest BCUT2D eigenvalue weighted by molar-refractivity contribution is 6.00. The lowest BCUT2D eigenvalue weighted by Gasteiger charge is -2.35. The predicted octanol–water partition coefficient (Wildman–Crippen LogP) is 2.08. The molecule has 0 spiro atoms. The summed E-state index contributed by atoms with van der Waals surface area (Å²) in [6, 6.07) is 4.59. The van der Waals surface area contributed by atoms with Gasteiger partial charge in [0.05, 0.1) is 12.2 Å². The van der Waals surface area contributed by atoms with Gasteiger partial charge in [0, 0.05) is 57.5 Å². The number of nitrogens with zero attached hydrogens (tertiary/aromatic N) is 3. The van der Waals surface area contributed by atoms with Crippen molar-refractivity contribution in [3.05, 3.63) is 29.6 Å². The molecule has 3 rings (SSSR count). The van der Waals surface area contributed by atoms with Crippen LogP contribution >= 0.6 is 0 Å². The Bertz CT molecular complexity index is 596. The van der Waals surface area contributed by atoms with Gasteiger partial charge in [-0.3, -0.25) is 4.79 Å². The number of likely N-dealkylation sites (N-methyl/N-ethyl adjacent to an activating group) is 1. The molecule has 1 aromatic rings. The van der Waals surface area contributed by atoms with Crippen LogP contribution in [0.4, 0.5) is 10.1 Å². The SMILES string of the molecule is CCN(C[C@H]1CCOC1)C(=O)c1cc(F)ccc1N1CCN(C)CC1. The molecule has 1 amide bonds. The van der Waals surface area contributed by atoms with E-state index in [0.29, 0.717) is 31.2 Å². The number of benzene rings is 1. The third-order valence-electron chi connectivity index (χ3n) is 5.20. The Morgan fingerprint density at radius 2 is 2.08 bits per heavy atom. The monoisotopic (exact) mass is 349 g/mol. The molecular formula is C19H28FN3O2. The first-order valence-electron chi connectivity index (χ1n) is 9.18. The van der Waals surface area contributed by atoms with Crippen molar-refractivity contribution in [3.8, 4) is 0 Å². The molecule has 2 fully saturated rings. The maximum absolute atomic E-state index is 13.9. The molecule has 0 aliphatic carbocycles. The molecule has 6 heteroatoms. The number of piperazine rings is 1. The first-order valence-corrected chi connectivity index (χ1v) is 9.18. The second-order valence-corrected chi connectivity index (χ2v) is 7.03. The number of anilines is 1. The van der Waals surface area contributed by atoms with Crippen molar-refractivity contribution in [1.82, 2.24) is 9.80 Å². The minimum atomic E-state index is -0.360. The maximum Gasteiger partial charge on any atom is 0.256 e. The van der Waals surface area contributed by atoms with Gasteiger partial charge in [-0.05, 0) is 38.6 Å². The Labute approximate surface area is 149 Å². The third-order valence-corrected chi connectivity index (χ3v) is 5.20. The molecule has 1 atom stereocenters. The number of halogens is 1. The minimum absolute atomic E-state index is 0.0807. The smallest absolute Gasteiger partial charge is 0.256 e.